The maximum Gasteiger partial charge on any atom is 0.416 e. The van der Waals surface area contributed by atoms with Gasteiger partial charge in [-0.2, -0.15) is 13.2 Å². The normalized spacial score (nSPS) is 24.1. The van der Waals surface area contributed by atoms with Gasteiger partial charge in [-0.05, 0) is 17.7 Å². The molecule has 0 saturated carbocycles. The number of hydrogen-bond acceptors (Lipinski definition) is 9. The minimum Gasteiger partial charge on any atom is -0.394 e. The number of aromatic nitrogens is 4. The van der Waals surface area contributed by atoms with E-state index in [-0.39, 0.29) is 29.5 Å². The highest BCUT2D eigenvalue weighted by Gasteiger charge is 2.45. The number of nitrogen functional groups attached to an aromatic ring is 1. The Hall–Kier alpha value is -3.00. The number of ether oxygens (including phenoxy) is 1. The number of fused-ring (bicyclic) bond motifs is 1. The molecule has 0 radical (unpaired) electrons. The van der Waals surface area contributed by atoms with Gasteiger partial charge in [-0.25, -0.2) is 15.0 Å². The molecule has 1 fully saturated rings. The van der Waals surface area contributed by atoms with Crippen molar-refractivity contribution in [2.75, 3.05) is 17.7 Å². The van der Waals surface area contributed by atoms with Crippen LogP contribution in [0.1, 0.15) is 17.4 Å². The van der Waals surface area contributed by atoms with Crippen molar-refractivity contribution in [3.05, 3.63) is 41.7 Å². The highest BCUT2D eigenvalue weighted by Crippen LogP contribution is 2.35. The molecule has 1 aromatic carbocycles. The maximum absolute atomic E-state index is 12.8. The van der Waals surface area contributed by atoms with Crippen molar-refractivity contribution in [3.63, 3.8) is 0 Å². The van der Waals surface area contributed by atoms with Gasteiger partial charge in [-0.1, -0.05) is 12.1 Å². The second-order valence-electron chi connectivity index (χ2n) is 7.01. The highest BCUT2D eigenvalue weighted by atomic mass is 19.4. The summed E-state index contributed by atoms with van der Waals surface area (Å²) in [7, 11) is 0. The minimum atomic E-state index is -4.43. The molecule has 4 rings (SSSR count). The molecule has 31 heavy (non-hydrogen) atoms. The molecule has 6 N–H and O–H groups in total. The van der Waals surface area contributed by atoms with Gasteiger partial charge in [0.25, 0.3) is 0 Å². The lowest BCUT2D eigenvalue weighted by Crippen LogP contribution is -2.33. The van der Waals surface area contributed by atoms with Crippen LogP contribution in [0.25, 0.3) is 11.2 Å². The van der Waals surface area contributed by atoms with Crippen molar-refractivity contribution in [3.8, 4) is 0 Å². The van der Waals surface area contributed by atoms with Crippen LogP contribution in [0.5, 0.6) is 0 Å². The fraction of sp³-hybridized carbons (Fsp3) is 0.389. The molecule has 0 amide bonds. The number of nitrogens with two attached hydrogens (primary N) is 1. The topological polar surface area (TPSA) is 152 Å². The Balaban J connectivity index is 1.66. The van der Waals surface area contributed by atoms with Crippen molar-refractivity contribution < 1.29 is 33.2 Å². The summed E-state index contributed by atoms with van der Waals surface area (Å²) in [5.41, 5.74) is 6.04. The number of aliphatic hydroxyl groups excluding tert-OH is 3. The lowest BCUT2D eigenvalue weighted by atomic mass is 10.1. The molecular formula is C18H19F3N6O4. The van der Waals surface area contributed by atoms with E-state index in [4.69, 9.17) is 10.5 Å². The van der Waals surface area contributed by atoms with Gasteiger partial charge in [0.15, 0.2) is 23.2 Å². The van der Waals surface area contributed by atoms with Crippen LogP contribution < -0.4 is 11.1 Å². The summed E-state index contributed by atoms with van der Waals surface area (Å²) in [4.78, 5) is 12.3. The molecule has 0 bridgehead atoms. The first kappa shape index (κ1) is 21.2. The van der Waals surface area contributed by atoms with Crippen LogP contribution in [0, 0.1) is 0 Å². The molecular weight excluding hydrogens is 421 g/mol. The number of benzene rings is 1. The molecule has 166 valence electrons. The van der Waals surface area contributed by atoms with Crippen molar-refractivity contribution in [2.45, 2.75) is 37.3 Å². The fourth-order valence-electron chi connectivity index (χ4n) is 3.38. The second kappa shape index (κ2) is 7.92. The molecule has 1 aliphatic heterocycles. The molecule has 1 aliphatic rings. The Morgan fingerprint density at radius 3 is 2.45 bits per heavy atom. The van der Waals surface area contributed by atoms with Gasteiger partial charge >= 0.3 is 6.18 Å². The zero-order valence-electron chi connectivity index (χ0n) is 15.9. The third kappa shape index (κ3) is 3.87. The highest BCUT2D eigenvalue weighted by molar-refractivity contribution is 5.84. The average molecular weight is 440 g/mol. The fourth-order valence-corrected chi connectivity index (χ4v) is 3.38. The van der Waals surface area contributed by atoms with E-state index in [0.29, 0.717) is 5.56 Å². The van der Waals surface area contributed by atoms with Gasteiger partial charge in [-0.15, -0.1) is 0 Å². The smallest absolute Gasteiger partial charge is 0.394 e. The molecule has 3 aromatic rings. The number of halogens is 3. The van der Waals surface area contributed by atoms with E-state index in [1.54, 1.807) is 0 Å². The molecule has 4 atom stereocenters. The molecule has 10 nitrogen and oxygen atoms in total. The van der Waals surface area contributed by atoms with Gasteiger partial charge in [0.2, 0.25) is 5.95 Å². The van der Waals surface area contributed by atoms with E-state index in [1.807, 2.05) is 0 Å². The van der Waals surface area contributed by atoms with Crippen LogP contribution in [0.4, 0.5) is 24.9 Å². The molecule has 0 spiro atoms. The van der Waals surface area contributed by atoms with Crippen LogP contribution >= 0.6 is 0 Å². The van der Waals surface area contributed by atoms with Gasteiger partial charge < -0.3 is 31.1 Å². The Morgan fingerprint density at radius 2 is 1.84 bits per heavy atom. The van der Waals surface area contributed by atoms with E-state index >= 15 is 0 Å². The number of imidazole rings is 1. The van der Waals surface area contributed by atoms with Crippen molar-refractivity contribution in [1.82, 2.24) is 19.5 Å². The van der Waals surface area contributed by atoms with Gasteiger partial charge in [0.05, 0.1) is 12.2 Å². The minimum absolute atomic E-state index is 0.0630. The molecule has 1 saturated heterocycles. The zero-order chi connectivity index (χ0) is 22.3. The molecule has 0 aliphatic carbocycles. The number of aliphatic hydroxyl groups is 3. The number of rotatable bonds is 5. The van der Waals surface area contributed by atoms with E-state index in [0.717, 1.165) is 12.1 Å². The molecule has 0 unspecified atom stereocenters. The van der Waals surface area contributed by atoms with Crippen LogP contribution in [-0.2, 0) is 17.5 Å². The first-order valence-corrected chi connectivity index (χ1v) is 9.21. The van der Waals surface area contributed by atoms with E-state index in [1.165, 1.54) is 23.0 Å². The predicted molar refractivity (Wildman–Crippen MR) is 102 cm³/mol. The van der Waals surface area contributed by atoms with Crippen LogP contribution in [0.2, 0.25) is 0 Å². The lowest BCUT2D eigenvalue weighted by Gasteiger charge is -2.19. The number of alkyl halides is 3. The monoisotopic (exact) mass is 440 g/mol. The van der Waals surface area contributed by atoms with E-state index in [9.17, 15) is 28.5 Å². The summed E-state index contributed by atoms with van der Waals surface area (Å²) in [6.07, 6.45) is -8.18. The zero-order valence-corrected chi connectivity index (χ0v) is 15.9. The number of nitrogens with one attached hydrogen (secondary N) is 1. The Bertz CT molecular complexity index is 1070. The standard InChI is InChI=1S/C18H19F3N6O4/c19-18(20,21)9-3-1-8(2-4-9)5-23-17-26-11-14(22)24-7-25-15(11)27(17)16-13(30)12(29)10(6-28)31-16/h1-4,7,10,12-13,16,28-30H,5-6H2,(H,23,26)(H2,22,24,25)/t10-,12-,13-,16-/m1/s1. The van der Waals surface area contributed by atoms with Gasteiger partial charge in [0, 0.05) is 6.54 Å². The predicted octanol–water partition coefficient (Wildman–Crippen LogP) is 0.651. The summed E-state index contributed by atoms with van der Waals surface area (Å²) in [5.74, 6) is 0.199. The van der Waals surface area contributed by atoms with E-state index in [2.05, 4.69) is 20.3 Å². The quantitative estimate of drug-likeness (QED) is 0.385. The van der Waals surface area contributed by atoms with E-state index < -0.39 is 42.9 Å². The lowest BCUT2D eigenvalue weighted by molar-refractivity contribution is -0.137. The third-order valence-electron chi connectivity index (χ3n) is 5.01. The molecule has 13 heteroatoms. The van der Waals surface area contributed by atoms with Crippen molar-refractivity contribution in [1.29, 1.82) is 0 Å². The molecule has 2 aromatic heterocycles. The van der Waals surface area contributed by atoms with Crippen molar-refractivity contribution >= 4 is 22.9 Å². The van der Waals surface area contributed by atoms with Gasteiger partial charge in [-0.3, -0.25) is 4.57 Å². The first-order valence-electron chi connectivity index (χ1n) is 9.21. The summed E-state index contributed by atoms with van der Waals surface area (Å²) >= 11 is 0. The first-order chi connectivity index (χ1) is 14.7. The number of anilines is 2. The third-order valence-corrected chi connectivity index (χ3v) is 5.01. The second-order valence-corrected chi connectivity index (χ2v) is 7.01. The number of nitrogens with zero attached hydrogens (tertiary/aromatic N) is 4. The Labute approximate surface area is 173 Å². The van der Waals surface area contributed by atoms with Crippen molar-refractivity contribution in [2.24, 2.45) is 0 Å². The summed E-state index contributed by atoms with van der Waals surface area (Å²) in [6.45, 7) is -0.434. The van der Waals surface area contributed by atoms with Crippen LogP contribution in [0.15, 0.2) is 30.6 Å². The van der Waals surface area contributed by atoms with Crippen LogP contribution in [0.3, 0.4) is 0 Å². The largest absolute Gasteiger partial charge is 0.416 e. The van der Waals surface area contributed by atoms with Crippen LogP contribution in [-0.4, -0.2) is 59.8 Å². The molecule has 3 heterocycles. The number of hydrogen-bond donors (Lipinski definition) is 5. The van der Waals surface area contributed by atoms with Gasteiger partial charge in [0.1, 0.15) is 24.6 Å². The Kier molecular flexibility index (Phi) is 5.43. The SMILES string of the molecule is Nc1ncnc2c1nc(NCc1ccc(C(F)(F)F)cc1)n2[C@@H]1O[C@H](CO)[C@@H](O)[C@H]1O. The summed E-state index contributed by atoms with van der Waals surface area (Å²) < 4.78 is 45.2. The summed E-state index contributed by atoms with van der Waals surface area (Å²) in [6, 6.07) is 4.58. The average Bonchev–Trinajstić information content (AvgIpc) is 3.24. The Morgan fingerprint density at radius 1 is 1.13 bits per heavy atom. The maximum atomic E-state index is 12.8. The summed E-state index contributed by atoms with van der Waals surface area (Å²) in [5, 5.41) is 32.9.